The summed E-state index contributed by atoms with van der Waals surface area (Å²) in [6.07, 6.45) is 4.44. The maximum Gasteiger partial charge on any atom is 0.275 e. The standard InChI is InChI=1S/C49H48N6O8/c1-29(2)62-36-17-9-14-33(22-36)43(39-27-52(3)48(59)44-46(58)40(56)24-50-54(39)44)34-15-10-18-37(23-34)63-47-41(57)25-51-55-38(26-53(4)49(60)45(47)55)42(31-11-6-5-7-12-31)32-13-8-16-35(21-32)61-28-30-19-20-30/h5-18,21-25,29-30,38-39,42-43,58H,19-20,26-28H2,1-4H3. The lowest BCUT2D eigenvalue weighted by Gasteiger charge is -2.38. The van der Waals surface area contributed by atoms with Crippen LogP contribution in [0.4, 0.5) is 0 Å². The van der Waals surface area contributed by atoms with Crippen LogP contribution in [0, 0.1) is 5.92 Å². The Labute approximate surface area is 363 Å². The van der Waals surface area contributed by atoms with E-state index in [0.717, 1.165) is 28.6 Å². The maximum absolute atomic E-state index is 14.3. The molecule has 0 spiro atoms. The lowest BCUT2D eigenvalue weighted by Crippen LogP contribution is -2.45. The molecule has 2 aromatic heterocycles. The quantitative estimate of drug-likeness (QED) is 0.131. The molecule has 0 radical (unpaired) electrons. The lowest BCUT2D eigenvalue weighted by molar-refractivity contribution is 0.0679. The normalized spacial score (nSPS) is 18.1. The van der Waals surface area contributed by atoms with E-state index in [0.29, 0.717) is 30.4 Å². The number of hydrogen-bond acceptors (Lipinski definition) is 10. The van der Waals surface area contributed by atoms with E-state index in [9.17, 15) is 24.3 Å². The third-order valence-electron chi connectivity index (χ3n) is 12.0. The third kappa shape index (κ3) is 8.16. The molecule has 0 bridgehead atoms. The zero-order chi connectivity index (χ0) is 43.9. The summed E-state index contributed by atoms with van der Waals surface area (Å²) in [5, 5.41) is 19.9. The Balaban J connectivity index is 1.14. The summed E-state index contributed by atoms with van der Waals surface area (Å²) in [5.74, 6) is -0.414. The second-order valence-corrected chi connectivity index (χ2v) is 16.9. The highest BCUT2D eigenvalue weighted by molar-refractivity contribution is 5.96. The van der Waals surface area contributed by atoms with Crippen molar-refractivity contribution >= 4 is 11.8 Å². The summed E-state index contributed by atoms with van der Waals surface area (Å²) < 4.78 is 21.9. The molecule has 1 N–H and O–H groups in total. The fraction of sp³-hybridized carbons (Fsp3) is 0.306. The number of aromatic hydroxyl groups is 1. The number of hydrogen-bond donors (Lipinski definition) is 1. The van der Waals surface area contributed by atoms with Gasteiger partial charge in [0.1, 0.15) is 17.2 Å². The Hall–Kier alpha value is -7.22. The molecule has 14 nitrogen and oxygen atoms in total. The molecule has 63 heavy (non-hydrogen) atoms. The largest absolute Gasteiger partial charge is 0.502 e. The minimum atomic E-state index is -0.765. The van der Waals surface area contributed by atoms with E-state index in [-0.39, 0.29) is 41.5 Å². The van der Waals surface area contributed by atoms with Crippen molar-refractivity contribution in [2.24, 2.45) is 5.92 Å². The average Bonchev–Trinajstić information content (AvgIpc) is 4.11. The number of carbonyl (C=O) groups is 2. The van der Waals surface area contributed by atoms with Crippen LogP contribution in [0.2, 0.25) is 0 Å². The first-order valence-electron chi connectivity index (χ1n) is 21.2. The molecule has 1 saturated carbocycles. The molecule has 4 heterocycles. The van der Waals surface area contributed by atoms with Crippen molar-refractivity contribution in [2.75, 3.05) is 33.8 Å². The van der Waals surface area contributed by atoms with E-state index in [2.05, 4.69) is 34.5 Å². The summed E-state index contributed by atoms with van der Waals surface area (Å²) in [6.45, 7) is 5.01. The SMILES string of the molecule is CC(C)Oc1cccc(C(c2cccc(Oc3c4n(ncc3=O)C(C(c3ccccc3)c3cccc(OCC5CC5)c3)CN(C)C4=O)c2)C2CN(C)C(=O)c3c(O)c(=O)cnn32)c1. The summed E-state index contributed by atoms with van der Waals surface area (Å²) >= 11 is 0. The van der Waals surface area contributed by atoms with Crippen LogP contribution in [0.15, 0.2) is 125 Å². The molecule has 9 rings (SSSR count). The minimum Gasteiger partial charge on any atom is -0.502 e. The molecule has 2 amide bonds. The van der Waals surface area contributed by atoms with E-state index < -0.39 is 46.4 Å². The molecule has 1 aliphatic carbocycles. The van der Waals surface area contributed by atoms with Crippen molar-refractivity contribution in [3.05, 3.63) is 170 Å². The Kier molecular flexibility index (Phi) is 11.0. The van der Waals surface area contributed by atoms with Gasteiger partial charge in [-0.05, 0) is 91.3 Å². The number of ether oxygens (including phenoxy) is 3. The van der Waals surface area contributed by atoms with Gasteiger partial charge in [0.15, 0.2) is 17.1 Å². The molecule has 3 aliphatic rings. The third-order valence-corrected chi connectivity index (χ3v) is 12.0. The summed E-state index contributed by atoms with van der Waals surface area (Å²) in [4.78, 5) is 57.2. The van der Waals surface area contributed by atoms with Crippen molar-refractivity contribution < 1.29 is 28.9 Å². The van der Waals surface area contributed by atoms with E-state index in [1.54, 1.807) is 41.9 Å². The first kappa shape index (κ1) is 41.1. The predicted octanol–water partition coefficient (Wildman–Crippen LogP) is 6.79. The Morgan fingerprint density at radius 2 is 1.14 bits per heavy atom. The minimum absolute atomic E-state index is 0.0220. The number of carbonyl (C=O) groups excluding carboxylic acids is 2. The zero-order valence-electron chi connectivity index (χ0n) is 35.5. The van der Waals surface area contributed by atoms with Crippen LogP contribution in [-0.4, -0.2) is 86.2 Å². The van der Waals surface area contributed by atoms with Gasteiger partial charge < -0.3 is 29.1 Å². The first-order valence-corrected chi connectivity index (χ1v) is 21.2. The Bertz CT molecular complexity index is 2820. The highest BCUT2D eigenvalue weighted by Gasteiger charge is 2.41. The van der Waals surface area contributed by atoms with Gasteiger partial charge in [0, 0.05) is 39.0 Å². The lowest BCUT2D eigenvalue weighted by atomic mass is 9.83. The van der Waals surface area contributed by atoms with Crippen molar-refractivity contribution in [3.8, 4) is 28.7 Å². The summed E-state index contributed by atoms with van der Waals surface area (Å²) in [6, 6.07) is 31.7. The van der Waals surface area contributed by atoms with Crippen LogP contribution in [0.5, 0.6) is 28.7 Å². The van der Waals surface area contributed by atoms with Gasteiger partial charge in [-0.3, -0.25) is 28.5 Å². The monoisotopic (exact) mass is 848 g/mol. The molecule has 4 unspecified atom stereocenters. The van der Waals surface area contributed by atoms with Crippen LogP contribution in [0.1, 0.15) is 93.8 Å². The second-order valence-electron chi connectivity index (χ2n) is 16.9. The second kappa shape index (κ2) is 16.9. The van der Waals surface area contributed by atoms with Gasteiger partial charge in [-0.2, -0.15) is 10.2 Å². The van der Waals surface area contributed by atoms with Gasteiger partial charge in [-0.15, -0.1) is 0 Å². The molecular formula is C49H48N6O8. The molecule has 1 fully saturated rings. The van der Waals surface area contributed by atoms with Crippen molar-refractivity contribution in [1.29, 1.82) is 0 Å². The topological polar surface area (TPSA) is 158 Å². The Morgan fingerprint density at radius 1 is 0.635 bits per heavy atom. The highest BCUT2D eigenvalue weighted by Crippen LogP contribution is 2.43. The van der Waals surface area contributed by atoms with E-state index in [1.807, 2.05) is 74.5 Å². The van der Waals surface area contributed by atoms with Crippen LogP contribution in [-0.2, 0) is 0 Å². The van der Waals surface area contributed by atoms with E-state index >= 15 is 0 Å². The van der Waals surface area contributed by atoms with Gasteiger partial charge in [0.05, 0.1) is 37.2 Å². The predicted molar refractivity (Wildman–Crippen MR) is 234 cm³/mol. The van der Waals surface area contributed by atoms with Crippen molar-refractivity contribution in [3.63, 3.8) is 0 Å². The zero-order valence-corrected chi connectivity index (χ0v) is 35.5. The van der Waals surface area contributed by atoms with Crippen LogP contribution >= 0.6 is 0 Å². The highest BCUT2D eigenvalue weighted by atomic mass is 16.5. The number of rotatable bonds is 13. The van der Waals surface area contributed by atoms with E-state index in [1.165, 1.54) is 28.6 Å². The molecular weight excluding hydrogens is 801 g/mol. The molecule has 2 aliphatic heterocycles. The summed E-state index contributed by atoms with van der Waals surface area (Å²) in [7, 11) is 3.32. The number of benzene rings is 4. The van der Waals surface area contributed by atoms with Gasteiger partial charge in [0.25, 0.3) is 11.8 Å². The molecule has 6 aromatic rings. The fourth-order valence-electron chi connectivity index (χ4n) is 8.82. The summed E-state index contributed by atoms with van der Waals surface area (Å²) in [5.41, 5.74) is 1.94. The molecule has 4 aromatic carbocycles. The first-order chi connectivity index (χ1) is 30.4. The molecule has 322 valence electrons. The van der Waals surface area contributed by atoms with E-state index in [4.69, 9.17) is 14.2 Å². The van der Waals surface area contributed by atoms with Gasteiger partial charge in [-0.25, -0.2) is 0 Å². The van der Waals surface area contributed by atoms with Crippen molar-refractivity contribution in [2.45, 2.75) is 56.7 Å². The smallest absolute Gasteiger partial charge is 0.275 e. The number of nitrogens with zero attached hydrogens (tertiary/aromatic N) is 6. The van der Waals surface area contributed by atoms with Crippen LogP contribution in [0.3, 0.4) is 0 Å². The number of fused-ring (bicyclic) bond motifs is 2. The molecule has 0 saturated heterocycles. The Morgan fingerprint density at radius 3 is 1.76 bits per heavy atom. The number of likely N-dealkylation sites (N-methyl/N-ethyl adjacent to an activating group) is 2. The molecule has 14 heteroatoms. The van der Waals surface area contributed by atoms with Gasteiger partial charge in [0.2, 0.25) is 16.6 Å². The van der Waals surface area contributed by atoms with Crippen LogP contribution in [0.25, 0.3) is 0 Å². The van der Waals surface area contributed by atoms with Crippen molar-refractivity contribution in [1.82, 2.24) is 29.4 Å². The van der Waals surface area contributed by atoms with Gasteiger partial charge >= 0.3 is 0 Å². The molecule has 4 atom stereocenters. The maximum atomic E-state index is 14.3. The van der Waals surface area contributed by atoms with Gasteiger partial charge in [-0.1, -0.05) is 66.7 Å². The fourth-order valence-corrected chi connectivity index (χ4v) is 8.82. The average molecular weight is 849 g/mol. The number of amides is 2. The van der Waals surface area contributed by atoms with Crippen LogP contribution < -0.4 is 25.1 Å². The number of aromatic nitrogens is 4.